The minimum absolute atomic E-state index is 0.669. The molecule has 176 valence electrons. The highest BCUT2D eigenvalue weighted by Crippen LogP contribution is 2.21. The van der Waals surface area contributed by atoms with E-state index in [2.05, 4.69) is 43.3 Å². The predicted octanol–water partition coefficient (Wildman–Crippen LogP) is 8.71. The second kappa shape index (κ2) is 14.4. The Hall–Kier alpha value is -2.81. The first-order valence-electron chi connectivity index (χ1n) is 12.7. The van der Waals surface area contributed by atoms with Gasteiger partial charge in [0.05, 0.1) is 24.4 Å². The molecule has 0 saturated carbocycles. The van der Waals surface area contributed by atoms with Crippen LogP contribution in [-0.4, -0.2) is 18.2 Å². The number of hydrogen-bond acceptors (Lipinski definition) is 3. The monoisotopic (exact) mass is 445 g/mol. The summed E-state index contributed by atoms with van der Waals surface area (Å²) in [4.78, 5) is 4.73. The Morgan fingerprint density at radius 2 is 1.36 bits per heavy atom. The molecule has 3 nitrogen and oxygen atoms in total. The normalized spacial score (nSPS) is 11.3. The molecule has 0 N–H and O–H groups in total. The SMILES string of the molecule is CCCCCCCCCCCOc1ccc(C=Cc2ccc3cc(OCC)ccc3n2)cc1. The Labute approximate surface area is 199 Å². The molecule has 0 unspecified atom stereocenters. The van der Waals surface area contributed by atoms with Gasteiger partial charge < -0.3 is 9.47 Å². The molecule has 1 aromatic heterocycles. The summed E-state index contributed by atoms with van der Waals surface area (Å²) in [6, 6.07) is 18.4. The minimum Gasteiger partial charge on any atom is -0.494 e. The van der Waals surface area contributed by atoms with Crippen LogP contribution in [0.1, 0.15) is 82.9 Å². The fourth-order valence-corrected chi connectivity index (χ4v) is 3.93. The van der Waals surface area contributed by atoms with Crippen molar-refractivity contribution < 1.29 is 9.47 Å². The number of nitrogens with zero attached hydrogens (tertiary/aromatic N) is 1. The first-order valence-corrected chi connectivity index (χ1v) is 12.7. The van der Waals surface area contributed by atoms with Crippen molar-refractivity contribution in [2.24, 2.45) is 0 Å². The molecular weight excluding hydrogens is 406 g/mol. The van der Waals surface area contributed by atoms with Gasteiger partial charge in [0.15, 0.2) is 0 Å². The molecule has 1 heterocycles. The van der Waals surface area contributed by atoms with E-state index in [0.29, 0.717) is 6.61 Å². The average molecular weight is 446 g/mol. The summed E-state index contributed by atoms with van der Waals surface area (Å²) in [5.41, 5.74) is 3.05. The Kier molecular flexibility index (Phi) is 10.8. The first kappa shape index (κ1) is 24.8. The molecule has 2 aromatic carbocycles. The van der Waals surface area contributed by atoms with Crippen LogP contribution >= 0.6 is 0 Å². The number of aromatic nitrogens is 1. The zero-order valence-corrected chi connectivity index (χ0v) is 20.4. The van der Waals surface area contributed by atoms with E-state index in [1.807, 2.05) is 37.3 Å². The fraction of sp³-hybridized carbons (Fsp3) is 0.433. The fourth-order valence-electron chi connectivity index (χ4n) is 3.93. The van der Waals surface area contributed by atoms with Gasteiger partial charge in [-0.05, 0) is 61.4 Å². The average Bonchev–Trinajstić information content (AvgIpc) is 2.85. The Morgan fingerprint density at radius 3 is 2.09 bits per heavy atom. The molecule has 0 aliphatic rings. The third kappa shape index (κ3) is 8.92. The number of rotatable bonds is 15. The van der Waals surface area contributed by atoms with Crippen molar-refractivity contribution in [1.29, 1.82) is 0 Å². The van der Waals surface area contributed by atoms with Crippen LogP contribution in [0.2, 0.25) is 0 Å². The van der Waals surface area contributed by atoms with E-state index >= 15 is 0 Å². The highest BCUT2D eigenvalue weighted by atomic mass is 16.5. The quantitative estimate of drug-likeness (QED) is 0.219. The van der Waals surface area contributed by atoms with Gasteiger partial charge >= 0.3 is 0 Å². The van der Waals surface area contributed by atoms with Gasteiger partial charge in [0.1, 0.15) is 11.5 Å². The maximum absolute atomic E-state index is 5.91. The third-order valence-corrected chi connectivity index (χ3v) is 5.84. The molecule has 3 rings (SSSR count). The Morgan fingerprint density at radius 1 is 0.667 bits per heavy atom. The van der Waals surface area contributed by atoms with E-state index in [4.69, 9.17) is 14.5 Å². The standard InChI is InChI=1S/C30H39NO2/c1-3-5-6-7-8-9-10-11-12-23-33-28-19-14-25(15-20-28)13-17-27-18-16-26-24-29(32-4-2)21-22-30(26)31-27/h13-22,24H,3-12,23H2,1-2H3. The number of fused-ring (bicyclic) bond motifs is 1. The smallest absolute Gasteiger partial charge is 0.120 e. The van der Waals surface area contributed by atoms with Crippen LogP contribution in [0, 0.1) is 0 Å². The molecule has 33 heavy (non-hydrogen) atoms. The van der Waals surface area contributed by atoms with Crippen molar-refractivity contribution in [3.8, 4) is 11.5 Å². The lowest BCUT2D eigenvalue weighted by molar-refractivity contribution is 0.304. The summed E-state index contributed by atoms with van der Waals surface area (Å²) in [6.45, 7) is 5.74. The molecular formula is C30H39NO2. The predicted molar refractivity (Wildman–Crippen MR) is 141 cm³/mol. The van der Waals surface area contributed by atoms with Crippen molar-refractivity contribution in [3.63, 3.8) is 0 Å². The zero-order chi connectivity index (χ0) is 23.1. The minimum atomic E-state index is 0.669. The maximum Gasteiger partial charge on any atom is 0.120 e. The van der Waals surface area contributed by atoms with E-state index in [0.717, 1.165) is 46.7 Å². The van der Waals surface area contributed by atoms with Crippen molar-refractivity contribution >= 4 is 23.1 Å². The van der Waals surface area contributed by atoms with Crippen molar-refractivity contribution in [3.05, 3.63) is 65.9 Å². The molecule has 0 radical (unpaired) electrons. The number of ether oxygens (including phenoxy) is 2. The zero-order valence-electron chi connectivity index (χ0n) is 20.4. The highest BCUT2D eigenvalue weighted by molar-refractivity contribution is 5.82. The van der Waals surface area contributed by atoms with Gasteiger partial charge in [-0.25, -0.2) is 4.98 Å². The summed E-state index contributed by atoms with van der Waals surface area (Å²) in [7, 11) is 0. The lowest BCUT2D eigenvalue weighted by Crippen LogP contribution is -1.97. The van der Waals surface area contributed by atoms with Crippen LogP contribution in [0.25, 0.3) is 23.1 Å². The van der Waals surface area contributed by atoms with E-state index < -0.39 is 0 Å². The van der Waals surface area contributed by atoms with Crippen LogP contribution < -0.4 is 9.47 Å². The van der Waals surface area contributed by atoms with Gasteiger partial charge in [0.2, 0.25) is 0 Å². The lowest BCUT2D eigenvalue weighted by Gasteiger charge is -2.07. The van der Waals surface area contributed by atoms with Gasteiger partial charge in [0.25, 0.3) is 0 Å². The number of benzene rings is 2. The summed E-state index contributed by atoms with van der Waals surface area (Å²) in [5, 5.41) is 1.09. The van der Waals surface area contributed by atoms with E-state index in [-0.39, 0.29) is 0 Å². The van der Waals surface area contributed by atoms with E-state index in [9.17, 15) is 0 Å². The van der Waals surface area contributed by atoms with Gasteiger partial charge in [-0.2, -0.15) is 0 Å². The largest absolute Gasteiger partial charge is 0.494 e. The molecule has 0 bridgehead atoms. The molecule has 0 atom stereocenters. The van der Waals surface area contributed by atoms with Crippen LogP contribution in [0.15, 0.2) is 54.6 Å². The third-order valence-electron chi connectivity index (χ3n) is 5.84. The van der Waals surface area contributed by atoms with Gasteiger partial charge in [-0.1, -0.05) is 82.6 Å². The summed E-state index contributed by atoms with van der Waals surface area (Å²) in [6.07, 6.45) is 16.1. The number of unbranched alkanes of at least 4 members (excludes halogenated alkanes) is 8. The molecule has 0 saturated heterocycles. The van der Waals surface area contributed by atoms with Crippen LogP contribution in [0.3, 0.4) is 0 Å². The van der Waals surface area contributed by atoms with Gasteiger partial charge in [-0.3, -0.25) is 0 Å². The topological polar surface area (TPSA) is 31.4 Å². The van der Waals surface area contributed by atoms with Crippen molar-refractivity contribution in [1.82, 2.24) is 4.98 Å². The summed E-state index contributed by atoms with van der Waals surface area (Å²) in [5.74, 6) is 1.83. The Balaban J connectivity index is 1.39. The van der Waals surface area contributed by atoms with E-state index in [1.165, 1.54) is 51.4 Å². The lowest BCUT2D eigenvalue weighted by atomic mass is 10.1. The van der Waals surface area contributed by atoms with Crippen molar-refractivity contribution in [2.45, 2.75) is 71.6 Å². The molecule has 0 fully saturated rings. The first-order chi connectivity index (χ1) is 16.3. The van der Waals surface area contributed by atoms with Gasteiger partial charge in [-0.15, -0.1) is 0 Å². The molecule has 0 aliphatic carbocycles. The van der Waals surface area contributed by atoms with Crippen LogP contribution in [0.4, 0.5) is 0 Å². The van der Waals surface area contributed by atoms with Crippen LogP contribution in [0.5, 0.6) is 11.5 Å². The molecule has 3 aromatic rings. The van der Waals surface area contributed by atoms with Crippen LogP contribution in [-0.2, 0) is 0 Å². The van der Waals surface area contributed by atoms with Gasteiger partial charge in [0, 0.05) is 5.39 Å². The molecule has 0 spiro atoms. The molecule has 0 aliphatic heterocycles. The Bertz CT molecular complexity index is 978. The van der Waals surface area contributed by atoms with E-state index in [1.54, 1.807) is 0 Å². The number of pyridine rings is 1. The second-order valence-corrected chi connectivity index (χ2v) is 8.60. The summed E-state index contributed by atoms with van der Waals surface area (Å²) >= 11 is 0. The number of hydrogen-bond donors (Lipinski definition) is 0. The second-order valence-electron chi connectivity index (χ2n) is 8.60. The summed E-state index contributed by atoms with van der Waals surface area (Å²) < 4.78 is 11.5. The maximum atomic E-state index is 5.91. The molecule has 0 amide bonds. The van der Waals surface area contributed by atoms with Crippen molar-refractivity contribution in [2.75, 3.05) is 13.2 Å². The highest BCUT2D eigenvalue weighted by Gasteiger charge is 2.00. The molecule has 3 heteroatoms.